The highest BCUT2D eigenvalue weighted by molar-refractivity contribution is 14.0. The van der Waals surface area contributed by atoms with E-state index in [1.165, 1.54) is 12.1 Å². The van der Waals surface area contributed by atoms with Crippen molar-refractivity contribution < 1.29 is 9.13 Å². The van der Waals surface area contributed by atoms with Crippen LogP contribution in [0, 0.1) is 5.82 Å². The molecule has 7 heteroatoms. The number of pyridine rings is 1. The number of hydrogen-bond donors (Lipinski definition) is 2. The van der Waals surface area contributed by atoms with Crippen molar-refractivity contribution in [2.45, 2.75) is 32.9 Å². The molecule has 1 aromatic heterocycles. The van der Waals surface area contributed by atoms with Crippen LogP contribution in [0.4, 0.5) is 4.39 Å². The van der Waals surface area contributed by atoms with Crippen LogP contribution in [0.1, 0.15) is 25.8 Å². The van der Waals surface area contributed by atoms with Gasteiger partial charge in [-0.2, -0.15) is 0 Å². The van der Waals surface area contributed by atoms with Crippen LogP contribution in [-0.2, 0) is 6.54 Å². The van der Waals surface area contributed by atoms with Gasteiger partial charge in [-0.1, -0.05) is 19.1 Å². The maximum absolute atomic E-state index is 13.3. The average molecular weight is 458 g/mol. The molecule has 1 aromatic carbocycles. The molecule has 0 aliphatic heterocycles. The Bertz CT molecular complexity index is 696. The lowest BCUT2D eigenvalue weighted by molar-refractivity contribution is 0.450. The van der Waals surface area contributed by atoms with Gasteiger partial charge in [0.2, 0.25) is 5.88 Å². The summed E-state index contributed by atoms with van der Waals surface area (Å²) >= 11 is 0. The first-order valence-corrected chi connectivity index (χ1v) is 7.97. The van der Waals surface area contributed by atoms with E-state index >= 15 is 0 Å². The fourth-order valence-electron chi connectivity index (χ4n) is 2.00. The van der Waals surface area contributed by atoms with Gasteiger partial charge in [0.1, 0.15) is 11.6 Å². The van der Waals surface area contributed by atoms with Crippen LogP contribution in [0.2, 0.25) is 0 Å². The van der Waals surface area contributed by atoms with Crippen molar-refractivity contribution in [3.63, 3.8) is 0 Å². The molecule has 1 heterocycles. The number of aliphatic imine (C=N–C) groups is 1. The molecule has 0 fully saturated rings. The molecular formula is C18H24FIN4O. The first-order chi connectivity index (χ1) is 11.6. The first kappa shape index (κ1) is 21.1. The Labute approximate surface area is 165 Å². The van der Waals surface area contributed by atoms with Crippen molar-refractivity contribution in [1.29, 1.82) is 0 Å². The van der Waals surface area contributed by atoms with Gasteiger partial charge >= 0.3 is 0 Å². The van der Waals surface area contributed by atoms with E-state index in [0.717, 1.165) is 12.0 Å². The topological polar surface area (TPSA) is 58.5 Å². The van der Waals surface area contributed by atoms with E-state index in [0.29, 0.717) is 30.2 Å². The Hall–Kier alpha value is -1.90. The van der Waals surface area contributed by atoms with Crippen LogP contribution in [0.25, 0.3) is 0 Å². The van der Waals surface area contributed by atoms with Crippen molar-refractivity contribution in [3.8, 4) is 11.6 Å². The summed E-state index contributed by atoms with van der Waals surface area (Å²) in [5.41, 5.74) is 0.855. The van der Waals surface area contributed by atoms with E-state index in [1.807, 2.05) is 12.1 Å². The van der Waals surface area contributed by atoms with Crippen LogP contribution < -0.4 is 15.4 Å². The van der Waals surface area contributed by atoms with Crippen molar-refractivity contribution in [2.24, 2.45) is 4.99 Å². The zero-order valence-corrected chi connectivity index (χ0v) is 17.0. The molecule has 0 bridgehead atoms. The van der Waals surface area contributed by atoms with Gasteiger partial charge in [-0.3, -0.25) is 4.99 Å². The molecule has 136 valence electrons. The molecule has 2 N–H and O–H groups in total. The van der Waals surface area contributed by atoms with Crippen molar-refractivity contribution >= 4 is 29.9 Å². The van der Waals surface area contributed by atoms with Gasteiger partial charge < -0.3 is 15.4 Å². The zero-order valence-electron chi connectivity index (χ0n) is 14.6. The molecule has 0 saturated heterocycles. The minimum atomic E-state index is -0.346. The lowest BCUT2D eigenvalue weighted by Gasteiger charge is -2.17. The van der Waals surface area contributed by atoms with Crippen LogP contribution in [0.15, 0.2) is 47.6 Å². The molecule has 0 saturated carbocycles. The summed E-state index contributed by atoms with van der Waals surface area (Å²) in [4.78, 5) is 8.44. The number of aromatic nitrogens is 1. The Kier molecular flexibility index (Phi) is 9.18. The second kappa shape index (κ2) is 10.9. The van der Waals surface area contributed by atoms with E-state index in [-0.39, 0.29) is 29.8 Å². The number of ether oxygens (including phenoxy) is 1. The lowest BCUT2D eigenvalue weighted by Crippen LogP contribution is -2.41. The van der Waals surface area contributed by atoms with Crippen molar-refractivity contribution in [2.75, 3.05) is 7.05 Å². The molecular weight excluding hydrogens is 434 g/mol. The Balaban J connectivity index is 0.00000312. The molecule has 1 unspecified atom stereocenters. The highest BCUT2D eigenvalue weighted by Crippen LogP contribution is 2.23. The Morgan fingerprint density at radius 1 is 1.32 bits per heavy atom. The number of benzene rings is 1. The molecule has 0 aliphatic rings. The second-order valence-electron chi connectivity index (χ2n) is 5.41. The van der Waals surface area contributed by atoms with Crippen molar-refractivity contribution in [3.05, 3.63) is 54.0 Å². The smallest absolute Gasteiger partial charge is 0.224 e. The first-order valence-electron chi connectivity index (χ1n) is 7.97. The fraction of sp³-hybridized carbons (Fsp3) is 0.333. The van der Waals surface area contributed by atoms with E-state index in [1.54, 1.807) is 25.4 Å². The molecule has 0 aliphatic carbocycles. The van der Waals surface area contributed by atoms with Crippen LogP contribution >= 0.6 is 24.0 Å². The van der Waals surface area contributed by atoms with Crippen molar-refractivity contribution in [1.82, 2.24) is 15.6 Å². The minimum absolute atomic E-state index is 0. The number of rotatable bonds is 6. The molecule has 1 atom stereocenters. The summed E-state index contributed by atoms with van der Waals surface area (Å²) in [5, 5.41) is 6.52. The van der Waals surface area contributed by atoms with Crippen LogP contribution in [0.3, 0.4) is 0 Å². The fourth-order valence-corrected chi connectivity index (χ4v) is 2.00. The highest BCUT2D eigenvalue weighted by Gasteiger charge is 2.09. The Morgan fingerprint density at radius 3 is 2.80 bits per heavy atom. The third kappa shape index (κ3) is 6.85. The summed E-state index contributed by atoms with van der Waals surface area (Å²) in [6, 6.07) is 10.1. The molecule has 25 heavy (non-hydrogen) atoms. The van der Waals surface area contributed by atoms with Gasteiger partial charge in [0.05, 0.1) is 0 Å². The predicted octanol–water partition coefficient (Wildman–Crippen LogP) is 4.09. The number of halogens is 2. The molecule has 5 nitrogen and oxygen atoms in total. The van der Waals surface area contributed by atoms with Gasteiger partial charge in [-0.25, -0.2) is 9.37 Å². The maximum Gasteiger partial charge on any atom is 0.224 e. The van der Waals surface area contributed by atoms with Crippen LogP contribution in [0.5, 0.6) is 11.6 Å². The van der Waals surface area contributed by atoms with Gasteiger partial charge in [-0.05, 0) is 31.5 Å². The SMILES string of the molecule is CCC(C)NC(=NC)NCc1cccnc1Oc1cccc(F)c1.I. The quantitative estimate of drug-likeness (QED) is 0.389. The second-order valence-corrected chi connectivity index (χ2v) is 5.41. The lowest BCUT2D eigenvalue weighted by atomic mass is 10.2. The summed E-state index contributed by atoms with van der Waals surface area (Å²) in [7, 11) is 1.73. The van der Waals surface area contributed by atoms with Crippen LogP contribution in [-0.4, -0.2) is 24.0 Å². The third-order valence-corrected chi connectivity index (χ3v) is 3.53. The summed E-state index contributed by atoms with van der Waals surface area (Å²) < 4.78 is 19.0. The predicted molar refractivity (Wildman–Crippen MR) is 109 cm³/mol. The van der Waals surface area contributed by atoms with Gasteiger partial charge in [0, 0.05) is 37.5 Å². The van der Waals surface area contributed by atoms with Gasteiger partial charge in [0.25, 0.3) is 0 Å². The summed E-state index contributed by atoms with van der Waals surface area (Å²) in [6.07, 6.45) is 2.64. The molecule has 0 radical (unpaired) electrons. The monoisotopic (exact) mass is 458 g/mol. The average Bonchev–Trinajstić information content (AvgIpc) is 2.59. The van der Waals surface area contributed by atoms with E-state index < -0.39 is 0 Å². The summed E-state index contributed by atoms with van der Waals surface area (Å²) in [6.45, 7) is 4.70. The standard InChI is InChI=1S/C18H23FN4O.HI/c1-4-13(2)23-18(20-3)22-12-14-7-6-10-21-17(14)24-16-9-5-8-15(19)11-16;/h5-11,13H,4,12H2,1-3H3,(H2,20,22,23);1H. The molecule has 0 spiro atoms. The zero-order chi connectivity index (χ0) is 17.4. The van der Waals surface area contributed by atoms with Gasteiger partial charge in [0.15, 0.2) is 5.96 Å². The minimum Gasteiger partial charge on any atom is -0.439 e. The molecule has 0 amide bonds. The normalized spacial score (nSPS) is 12.1. The van der Waals surface area contributed by atoms with Gasteiger partial charge in [-0.15, -0.1) is 24.0 Å². The third-order valence-electron chi connectivity index (χ3n) is 3.53. The summed E-state index contributed by atoms with van der Waals surface area (Å²) in [5.74, 6) is 1.22. The number of hydrogen-bond acceptors (Lipinski definition) is 3. The highest BCUT2D eigenvalue weighted by atomic mass is 127. The number of guanidine groups is 1. The molecule has 2 rings (SSSR count). The van der Waals surface area contributed by atoms with E-state index in [4.69, 9.17) is 4.74 Å². The Morgan fingerprint density at radius 2 is 2.12 bits per heavy atom. The largest absolute Gasteiger partial charge is 0.439 e. The number of nitrogens with one attached hydrogen (secondary N) is 2. The van der Waals surface area contributed by atoms with E-state index in [2.05, 4.69) is 34.5 Å². The van der Waals surface area contributed by atoms with E-state index in [9.17, 15) is 4.39 Å². The number of nitrogens with zero attached hydrogens (tertiary/aromatic N) is 2. The maximum atomic E-state index is 13.3. The molecule has 2 aromatic rings.